The molecule has 0 aromatic heterocycles. The summed E-state index contributed by atoms with van der Waals surface area (Å²) >= 11 is 0. The third-order valence-electron chi connectivity index (χ3n) is 4.80. The number of hydrogen-bond donors (Lipinski definition) is 1. The van der Waals surface area contributed by atoms with Crippen LogP contribution in [-0.2, 0) is 0 Å². The van der Waals surface area contributed by atoms with E-state index in [-0.39, 0.29) is 11.5 Å². The molecule has 0 amide bonds. The van der Waals surface area contributed by atoms with E-state index in [1.165, 1.54) is 0 Å². The lowest BCUT2D eigenvalue weighted by molar-refractivity contribution is 0.0579. The molecule has 22 heavy (non-hydrogen) atoms. The molecule has 0 aliphatic carbocycles. The Labute approximate surface area is 134 Å². The van der Waals surface area contributed by atoms with Gasteiger partial charge < -0.3 is 10.0 Å². The van der Waals surface area contributed by atoms with Crippen LogP contribution in [0.15, 0.2) is 30.3 Å². The summed E-state index contributed by atoms with van der Waals surface area (Å²) in [5.41, 5.74) is 0.832. The maximum Gasteiger partial charge on any atom is 0.0819 e. The fourth-order valence-electron chi connectivity index (χ4n) is 3.22. The van der Waals surface area contributed by atoms with Gasteiger partial charge in [0, 0.05) is 0 Å². The summed E-state index contributed by atoms with van der Waals surface area (Å²) in [6.07, 6.45) is 3.80. The van der Waals surface area contributed by atoms with Gasteiger partial charge in [0.2, 0.25) is 0 Å². The van der Waals surface area contributed by atoms with Crippen LogP contribution in [0.25, 0.3) is 0 Å². The lowest BCUT2D eigenvalue weighted by atomic mass is 9.87. The van der Waals surface area contributed by atoms with Crippen LogP contribution in [0.3, 0.4) is 0 Å². The van der Waals surface area contributed by atoms with Crippen molar-refractivity contribution in [1.82, 2.24) is 4.90 Å². The normalized spacial score (nSPS) is 18.8. The highest BCUT2D eigenvalue weighted by atomic mass is 16.3. The standard InChI is InChI=1S/C19H28N2O/c1-19(2,15-20)11-6-12-21-13-9-17(10-14-21)18(22)16-7-4-3-5-8-16/h3-5,7-8,17-18,22H,6,9-14H2,1-2H3. The van der Waals surface area contributed by atoms with E-state index >= 15 is 0 Å². The van der Waals surface area contributed by atoms with Crippen molar-refractivity contribution in [2.75, 3.05) is 19.6 Å². The Morgan fingerprint density at radius 1 is 1.27 bits per heavy atom. The summed E-state index contributed by atoms with van der Waals surface area (Å²) in [6, 6.07) is 12.4. The van der Waals surface area contributed by atoms with E-state index in [4.69, 9.17) is 5.26 Å². The fourth-order valence-corrected chi connectivity index (χ4v) is 3.22. The highest BCUT2D eigenvalue weighted by Crippen LogP contribution is 2.31. The summed E-state index contributed by atoms with van der Waals surface area (Å²) < 4.78 is 0. The third-order valence-corrected chi connectivity index (χ3v) is 4.80. The van der Waals surface area contributed by atoms with E-state index in [1.807, 2.05) is 44.2 Å². The molecular formula is C19H28N2O. The maximum absolute atomic E-state index is 10.5. The van der Waals surface area contributed by atoms with Crippen molar-refractivity contribution in [2.45, 2.75) is 45.6 Å². The Balaban J connectivity index is 1.73. The molecule has 120 valence electrons. The van der Waals surface area contributed by atoms with Crippen LogP contribution in [0.5, 0.6) is 0 Å². The molecule has 1 aromatic rings. The smallest absolute Gasteiger partial charge is 0.0819 e. The van der Waals surface area contributed by atoms with E-state index in [2.05, 4.69) is 11.0 Å². The predicted molar refractivity (Wildman–Crippen MR) is 89.2 cm³/mol. The average Bonchev–Trinajstić information content (AvgIpc) is 2.55. The lowest BCUT2D eigenvalue weighted by Crippen LogP contribution is -2.36. The Morgan fingerprint density at radius 2 is 1.91 bits per heavy atom. The van der Waals surface area contributed by atoms with E-state index < -0.39 is 0 Å². The van der Waals surface area contributed by atoms with Crippen molar-refractivity contribution in [3.05, 3.63) is 35.9 Å². The van der Waals surface area contributed by atoms with Crippen molar-refractivity contribution >= 4 is 0 Å². The molecule has 1 N–H and O–H groups in total. The number of rotatable bonds is 6. The van der Waals surface area contributed by atoms with Gasteiger partial charge >= 0.3 is 0 Å². The zero-order valence-corrected chi connectivity index (χ0v) is 13.8. The summed E-state index contributed by atoms with van der Waals surface area (Å²) in [5.74, 6) is 0.370. The number of aliphatic hydroxyl groups is 1. The van der Waals surface area contributed by atoms with Gasteiger partial charge in [0.05, 0.1) is 17.6 Å². The molecule has 0 radical (unpaired) electrons. The molecule has 0 saturated carbocycles. The van der Waals surface area contributed by atoms with Crippen LogP contribution in [0.1, 0.15) is 51.2 Å². The van der Waals surface area contributed by atoms with Gasteiger partial charge in [0.1, 0.15) is 0 Å². The van der Waals surface area contributed by atoms with E-state index in [0.29, 0.717) is 5.92 Å². The summed E-state index contributed by atoms with van der Waals surface area (Å²) in [5, 5.41) is 19.5. The first-order valence-electron chi connectivity index (χ1n) is 8.38. The van der Waals surface area contributed by atoms with Gasteiger partial charge in [0.15, 0.2) is 0 Å². The highest BCUT2D eigenvalue weighted by Gasteiger charge is 2.26. The van der Waals surface area contributed by atoms with Gasteiger partial charge in [-0.2, -0.15) is 5.26 Å². The first kappa shape index (κ1) is 17.0. The van der Waals surface area contributed by atoms with Gasteiger partial charge in [-0.05, 0) is 70.6 Å². The summed E-state index contributed by atoms with van der Waals surface area (Å²) in [6.45, 7) is 7.20. The summed E-state index contributed by atoms with van der Waals surface area (Å²) in [4.78, 5) is 2.47. The van der Waals surface area contributed by atoms with Gasteiger partial charge in [-0.3, -0.25) is 0 Å². The van der Waals surface area contributed by atoms with Gasteiger partial charge in [-0.25, -0.2) is 0 Å². The quantitative estimate of drug-likeness (QED) is 0.870. The lowest BCUT2D eigenvalue weighted by Gasteiger charge is -2.34. The van der Waals surface area contributed by atoms with Gasteiger partial charge in [0.25, 0.3) is 0 Å². The molecule has 0 bridgehead atoms. The number of aliphatic hydroxyl groups excluding tert-OH is 1. The number of nitrogens with zero attached hydrogens (tertiary/aromatic N) is 2. The van der Waals surface area contributed by atoms with Crippen molar-refractivity contribution < 1.29 is 5.11 Å². The largest absolute Gasteiger partial charge is 0.388 e. The minimum Gasteiger partial charge on any atom is -0.388 e. The van der Waals surface area contributed by atoms with Crippen LogP contribution in [0, 0.1) is 22.7 Å². The molecule has 1 fully saturated rings. The van der Waals surface area contributed by atoms with Crippen LogP contribution in [0.4, 0.5) is 0 Å². The number of benzene rings is 1. The molecule has 2 rings (SSSR count). The predicted octanol–water partition coefficient (Wildman–Crippen LogP) is 3.76. The second-order valence-corrected chi connectivity index (χ2v) is 7.13. The van der Waals surface area contributed by atoms with Gasteiger partial charge in [-0.15, -0.1) is 0 Å². The number of likely N-dealkylation sites (tertiary alicyclic amines) is 1. The first-order chi connectivity index (χ1) is 10.5. The minimum atomic E-state index is -0.333. The Kier molecular flexibility index (Phi) is 5.99. The number of hydrogen-bond acceptors (Lipinski definition) is 3. The molecule has 3 heteroatoms. The molecule has 1 aliphatic heterocycles. The zero-order chi connectivity index (χ0) is 16.0. The van der Waals surface area contributed by atoms with Crippen LogP contribution < -0.4 is 0 Å². The van der Waals surface area contributed by atoms with Crippen molar-refractivity contribution in [3.8, 4) is 6.07 Å². The van der Waals surface area contributed by atoms with Crippen molar-refractivity contribution in [3.63, 3.8) is 0 Å². The number of nitriles is 1. The highest BCUT2D eigenvalue weighted by molar-refractivity contribution is 5.18. The van der Waals surface area contributed by atoms with Crippen molar-refractivity contribution in [2.24, 2.45) is 11.3 Å². The fraction of sp³-hybridized carbons (Fsp3) is 0.632. The number of piperidine rings is 1. The first-order valence-corrected chi connectivity index (χ1v) is 8.38. The van der Waals surface area contributed by atoms with E-state index in [0.717, 1.165) is 50.9 Å². The van der Waals surface area contributed by atoms with Crippen molar-refractivity contribution in [1.29, 1.82) is 5.26 Å². The molecule has 3 nitrogen and oxygen atoms in total. The zero-order valence-electron chi connectivity index (χ0n) is 13.8. The van der Waals surface area contributed by atoms with Gasteiger partial charge in [-0.1, -0.05) is 30.3 Å². The van der Waals surface area contributed by atoms with E-state index in [1.54, 1.807) is 0 Å². The monoisotopic (exact) mass is 300 g/mol. The minimum absolute atomic E-state index is 0.207. The molecule has 0 spiro atoms. The van der Waals surface area contributed by atoms with Crippen LogP contribution in [0.2, 0.25) is 0 Å². The topological polar surface area (TPSA) is 47.3 Å². The third kappa shape index (κ3) is 4.83. The van der Waals surface area contributed by atoms with Crippen LogP contribution in [-0.4, -0.2) is 29.6 Å². The maximum atomic E-state index is 10.5. The average molecular weight is 300 g/mol. The Bertz CT molecular complexity index is 484. The molecule has 1 saturated heterocycles. The second-order valence-electron chi connectivity index (χ2n) is 7.13. The SMILES string of the molecule is CC(C)(C#N)CCCN1CCC(C(O)c2ccccc2)CC1. The Morgan fingerprint density at radius 3 is 2.50 bits per heavy atom. The Hall–Kier alpha value is -1.37. The van der Waals surface area contributed by atoms with Crippen LogP contribution >= 0.6 is 0 Å². The summed E-state index contributed by atoms with van der Waals surface area (Å²) in [7, 11) is 0. The molecule has 1 aliphatic rings. The second kappa shape index (κ2) is 7.76. The van der Waals surface area contributed by atoms with E-state index in [9.17, 15) is 5.11 Å². The molecule has 1 heterocycles. The molecule has 1 aromatic carbocycles. The molecular weight excluding hydrogens is 272 g/mol. The molecule has 1 atom stereocenters. The molecule has 1 unspecified atom stereocenters.